The Morgan fingerprint density at radius 2 is 1.77 bits per heavy atom. The average Bonchev–Trinajstić information content (AvgIpc) is 3.45. The molecule has 39 heavy (non-hydrogen) atoms. The summed E-state index contributed by atoms with van der Waals surface area (Å²) in [6.07, 6.45) is 8.65. The molecule has 0 bridgehead atoms. The second-order valence-electron chi connectivity index (χ2n) is 11.8. The van der Waals surface area contributed by atoms with Gasteiger partial charge in [0.15, 0.2) is 11.6 Å². The van der Waals surface area contributed by atoms with Gasteiger partial charge in [-0.15, -0.1) is 0 Å². The Labute approximate surface area is 229 Å². The van der Waals surface area contributed by atoms with Crippen molar-refractivity contribution in [3.05, 3.63) is 72.0 Å². The van der Waals surface area contributed by atoms with Gasteiger partial charge in [-0.3, -0.25) is 14.4 Å². The molecule has 2 fully saturated rings. The molecule has 5 rings (SSSR count). The van der Waals surface area contributed by atoms with E-state index in [0.29, 0.717) is 18.4 Å². The standard InChI is InChI=1S/C32H38N2O5/c1-17-8-7-10-23-30(38)20(4)19(3)28-25(15-21-16-33-24-11-6-5-9-22(21)24)34-31(39)32(23,28)27(36)13-12-26(35)29(37)18(2)14-17/h5-7,9-14,16-17,19-20,23,25,28-30,33,37-38H,8,15H2,1-4H3,(H,34,39)/b10-7+,13-12+,18-14-/t17?,19?,20?,23?,25?,28?,29?,30?,32-/m1/s1. The van der Waals surface area contributed by atoms with E-state index in [-0.39, 0.29) is 23.8 Å². The van der Waals surface area contributed by atoms with Crippen molar-refractivity contribution < 1.29 is 24.6 Å². The molecule has 1 aromatic heterocycles. The van der Waals surface area contributed by atoms with Gasteiger partial charge in [0.1, 0.15) is 11.5 Å². The summed E-state index contributed by atoms with van der Waals surface area (Å²) in [6.45, 7) is 7.66. The van der Waals surface area contributed by atoms with Gasteiger partial charge < -0.3 is 20.5 Å². The first-order valence-corrected chi connectivity index (χ1v) is 13.9. The van der Waals surface area contributed by atoms with Crippen LogP contribution in [0.5, 0.6) is 0 Å². The normalized spacial score (nSPS) is 40.4. The maximum Gasteiger partial charge on any atom is 0.235 e. The summed E-state index contributed by atoms with van der Waals surface area (Å²) in [6, 6.07) is 7.64. The molecule has 9 atom stereocenters. The van der Waals surface area contributed by atoms with Crippen molar-refractivity contribution in [2.75, 3.05) is 0 Å². The van der Waals surface area contributed by atoms with Crippen molar-refractivity contribution >= 4 is 28.4 Å². The van der Waals surface area contributed by atoms with Crippen LogP contribution in [0.4, 0.5) is 0 Å². The summed E-state index contributed by atoms with van der Waals surface area (Å²) in [7, 11) is 0. The maximum atomic E-state index is 14.2. The number of aliphatic hydroxyl groups excluding tert-OH is 2. The van der Waals surface area contributed by atoms with Gasteiger partial charge in [0.05, 0.1) is 6.10 Å². The third kappa shape index (κ3) is 4.42. The highest BCUT2D eigenvalue weighted by molar-refractivity contribution is 6.15. The molecule has 1 saturated heterocycles. The van der Waals surface area contributed by atoms with Crippen molar-refractivity contribution in [2.24, 2.45) is 35.0 Å². The molecule has 2 aromatic rings. The first kappa shape index (κ1) is 27.3. The van der Waals surface area contributed by atoms with Crippen LogP contribution in [0.25, 0.3) is 10.9 Å². The molecule has 2 heterocycles. The van der Waals surface area contributed by atoms with E-state index in [1.54, 1.807) is 6.92 Å². The molecule has 1 amide bonds. The number of allylic oxidation sites excluding steroid dienone is 3. The number of hydrogen-bond donors (Lipinski definition) is 4. The van der Waals surface area contributed by atoms with E-state index >= 15 is 0 Å². The number of carbonyl (C=O) groups excluding carboxylic acids is 3. The van der Waals surface area contributed by atoms with Gasteiger partial charge >= 0.3 is 0 Å². The Bertz CT molecular complexity index is 1390. The van der Waals surface area contributed by atoms with Gasteiger partial charge in [0.25, 0.3) is 0 Å². The monoisotopic (exact) mass is 530 g/mol. The fourth-order valence-corrected chi connectivity index (χ4v) is 7.32. The van der Waals surface area contributed by atoms with Crippen LogP contribution >= 0.6 is 0 Å². The Balaban J connectivity index is 1.63. The predicted octanol–water partition coefficient (Wildman–Crippen LogP) is 3.67. The van der Waals surface area contributed by atoms with Crippen LogP contribution in [-0.4, -0.2) is 50.9 Å². The van der Waals surface area contributed by atoms with Crippen LogP contribution in [0, 0.1) is 35.0 Å². The first-order valence-electron chi connectivity index (χ1n) is 13.9. The molecule has 3 aliphatic rings. The van der Waals surface area contributed by atoms with Crippen LogP contribution in [0.15, 0.2) is 66.4 Å². The highest BCUT2D eigenvalue weighted by Crippen LogP contribution is 2.57. The van der Waals surface area contributed by atoms with Gasteiger partial charge in [-0.05, 0) is 66.9 Å². The van der Waals surface area contributed by atoms with Crippen LogP contribution in [0.1, 0.15) is 39.7 Å². The molecule has 4 N–H and O–H groups in total. The Kier molecular flexibility index (Phi) is 7.25. The molecule has 1 saturated carbocycles. The Morgan fingerprint density at radius 1 is 1.03 bits per heavy atom. The Morgan fingerprint density at radius 3 is 2.54 bits per heavy atom. The zero-order valence-electron chi connectivity index (χ0n) is 22.9. The maximum absolute atomic E-state index is 14.2. The average molecular weight is 531 g/mol. The van der Waals surface area contributed by atoms with Crippen molar-refractivity contribution in [1.82, 2.24) is 10.3 Å². The zero-order chi connectivity index (χ0) is 28.1. The first-order chi connectivity index (χ1) is 18.6. The topological polar surface area (TPSA) is 119 Å². The number of rotatable bonds is 2. The van der Waals surface area contributed by atoms with Crippen molar-refractivity contribution in [3.8, 4) is 0 Å². The molecule has 7 heteroatoms. The number of aliphatic hydroxyl groups is 2. The Hall–Kier alpha value is -3.29. The van der Waals surface area contributed by atoms with Crippen molar-refractivity contribution in [3.63, 3.8) is 0 Å². The second kappa shape index (κ2) is 10.4. The molecule has 1 aliphatic heterocycles. The minimum atomic E-state index is -1.57. The van der Waals surface area contributed by atoms with E-state index in [9.17, 15) is 24.6 Å². The number of aromatic nitrogens is 1. The van der Waals surface area contributed by atoms with Crippen molar-refractivity contribution in [1.29, 1.82) is 0 Å². The summed E-state index contributed by atoms with van der Waals surface area (Å²) < 4.78 is 0. The summed E-state index contributed by atoms with van der Waals surface area (Å²) in [4.78, 5) is 44.3. The molecule has 7 nitrogen and oxygen atoms in total. The van der Waals surface area contributed by atoms with Crippen LogP contribution < -0.4 is 5.32 Å². The lowest BCUT2D eigenvalue weighted by molar-refractivity contribution is -0.157. The molecular formula is C32H38N2O5. The van der Waals surface area contributed by atoms with Crippen LogP contribution in [0.2, 0.25) is 0 Å². The van der Waals surface area contributed by atoms with E-state index in [1.807, 2.05) is 69.5 Å². The van der Waals surface area contributed by atoms with Gasteiger partial charge in [0, 0.05) is 35.0 Å². The van der Waals surface area contributed by atoms with E-state index in [4.69, 9.17) is 0 Å². The molecule has 2 aliphatic carbocycles. The number of nitrogens with one attached hydrogen (secondary N) is 2. The van der Waals surface area contributed by atoms with E-state index < -0.39 is 46.9 Å². The quantitative estimate of drug-likeness (QED) is 0.349. The van der Waals surface area contributed by atoms with E-state index in [0.717, 1.165) is 28.6 Å². The number of aromatic amines is 1. The third-order valence-corrected chi connectivity index (χ3v) is 9.50. The summed E-state index contributed by atoms with van der Waals surface area (Å²) >= 11 is 0. The smallest absolute Gasteiger partial charge is 0.235 e. The lowest BCUT2D eigenvalue weighted by Gasteiger charge is -2.51. The molecule has 0 radical (unpaired) electrons. The van der Waals surface area contributed by atoms with Gasteiger partial charge in [0.2, 0.25) is 5.91 Å². The van der Waals surface area contributed by atoms with Gasteiger partial charge in [-0.2, -0.15) is 0 Å². The summed E-state index contributed by atoms with van der Waals surface area (Å²) in [5, 5.41) is 26.3. The van der Waals surface area contributed by atoms with Crippen LogP contribution in [-0.2, 0) is 20.8 Å². The minimum absolute atomic E-state index is 0.0139. The van der Waals surface area contributed by atoms with E-state index in [1.165, 1.54) is 0 Å². The SMILES string of the molecule is C/C1=C/C(C)C/C=C/C2C(O)C(C)C(C)C3C(Cc4c[nH]c5ccccc45)NC(=O)[C@@]23C(=O)/C=C/C(=O)C1O. The summed E-state index contributed by atoms with van der Waals surface area (Å²) in [5.41, 5.74) is 1.00. The molecule has 8 unspecified atom stereocenters. The molecular weight excluding hydrogens is 492 g/mol. The number of amides is 1. The largest absolute Gasteiger partial charge is 0.392 e. The fourth-order valence-electron chi connectivity index (χ4n) is 7.32. The van der Waals surface area contributed by atoms with Crippen molar-refractivity contribution in [2.45, 2.75) is 58.8 Å². The second-order valence-corrected chi connectivity index (χ2v) is 11.8. The minimum Gasteiger partial charge on any atom is -0.392 e. The number of para-hydroxylation sites is 1. The number of hydrogen-bond acceptors (Lipinski definition) is 5. The third-order valence-electron chi connectivity index (χ3n) is 9.50. The number of fused-ring (bicyclic) bond motifs is 1. The number of ketones is 2. The predicted molar refractivity (Wildman–Crippen MR) is 150 cm³/mol. The van der Waals surface area contributed by atoms with Gasteiger partial charge in [-0.25, -0.2) is 0 Å². The number of carbonyl (C=O) groups is 3. The molecule has 1 aromatic carbocycles. The van der Waals surface area contributed by atoms with E-state index in [2.05, 4.69) is 10.3 Å². The van der Waals surface area contributed by atoms with Crippen LogP contribution in [0.3, 0.4) is 0 Å². The lowest BCUT2D eigenvalue weighted by atomic mass is 9.50. The zero-order valence-corrected chi connectivity index (χ0v) is 22.9. The highest BCUT2D eigenvalue weighted by Gasteiger charge is 2.68. The number of H-pyrrole nitrogens is 1. The summed E-state index contributed by atoms with van der Waals surface area (Å²) in [5.74, 6) is -2.99. The van der Waals surface area contributed by atoms with Gasteiger partial charge in [-0.1, -0.05) is 57.2 Å². The molecule has 1 spiro atoms. The highest BCUT2D eigenvalue weighted by atomic mass is 16.3. The lowest BCUT2D eigenvalue weighted by Crippen LogP contribution is -2.60. The molecule has 206 valence electrons. The fraction of sp³-hybridized carbons (Fsp3) is 0.469. The number of benzene rings is 1.